The third-order valence-corrected chi connectivity index (χ3v) is 4.72. The Morgan fingerprint density at radius 3 is 3.00 bits per heavy atom. The second-order valence-corrected chi connectivity index (χ2v) is 6.40. The lowest BCUT2D eigenvalue weighted by Gasteiger charge is -2.23. The quantitative estimate of drug-likeness (QED) is 0.894. The Morgan fingerprint density at radius 2 is 2.24 bits per heavy atom. The number of ether oxygens (including phenoxy) is 1. The molecule has 4 heteroatoms. The molecule has 0 aromatic carbocycles. The van der Waals surface area contributed by atoms with Crippen molar-refractivity contribution in [3.05, 3.63) is 15.6 Å². The number of aromatic nitrogens is 1. The first-order valence-electron chi connectivity index (χ1n) is 6.57. The van der Waals surface area contributed by atoms with Crippen molar-refractivity contribution in [1.82, 2.24) is 10.3 Å². The highest BCUT2D eigenvalue weighted by molar-refractivity contribution is 7.11. The summed E-state index contributed by atoms with van der Waals surface area (Å²) in [4.78, 5) is 6.08. The molecule has 0 bridgehead atoms. The van der Waals surface area contributed by atoms with Gasteiger partial charge in [-0.05, 0) is 39.2 Å². The van der Waals surface area contributed by atoms with Gasteiger partial charge in [-0.1, -0.05) is 0 Å². The largest absolute Gasteiger partial charge is 0.370 e. The van der Waals surface area contributed by atoms with Crippen molar-refractivity contribution < 1.29 is 4.74 Å². The van der Waals surface area contributed by atoms with Gasteiger partial charge in [-0.3, -0.25) is 0 Å². The van der Waals surface area contributed by atoms with E-state index in [1.165, 1.54) is 28.4 Å². The van der Waals surface area contributed by atoms with E-state index in [1.807, 2.05) is 11.3 Å². The average molecular weight is 252 g/mol. The fourth-order valence-corrected chi connectivity index (χ4v) is 3.44. The van der Waals surface area contributed by atoms with Crippen molar-refractivity contribution in [2.24, 2.45) is 5.92 Å². The summed E-state index contributed by atoms with van der Waals surface area (Å²) in [7, 11) is 0. The maximum atomic E-state index is 5.83. The summed E-state index contributed by atoms with van der Waals surface area (Å²) >= 11 is 1.82. The van der Waals surface area contributed by atoms with Crippen LogP contribution in [-0.4, -0.2) is 17.6 Å². The predicted octanol–water partition coefficient (Wildman–Crippen LogP) is 2.66. The lowest BCUT2D eigenvalue weighted by atomic mass is 10.1. The van der Waals surface area contributed by atoms with Gasteiger partial charge in [0.2, 0.25) is 0 Å². The molecule has 94 valence electrons. The van der Waals surface area contributed by atoms with E-state index in [4.69, 9.17) is 9.72 Å². The van der Waals surface area contributed by atoms with Gasteiger partial charge in [0, 0.05) is 13.0 Å². The maximum absolute atomic E-state index is 5.83. The number of thiazole rings is 1. The molecule has 1 N–H and O–H groups in total. The SMILES string of the molecule is CC1Cc2nc(CNCC3CC3)sc2C(C)O1. The second kappa shape index (κ2) is 4.67. The van der Waals surface area contributed by atoms with Crippen LogP contribution >= 0.6 is 11.3 Å². The molecule has 0 radical (unpaired) electrons. The van der Waals surface area contributed by atoms with Crippen molar-refractivity contribution in [3.8, 4) is 0 Å². The molecular formula is C13H20N2OS. The van der Waals surface area contributed by atoms with Crippen molar-refractivity contribution in [2.45, 2.75) is 51.9 Å². The van der Waals surface area contributed by atoms with Gasteiger partial charge in [0.1, 0.15) is 5.01 Å². The van der Waals surface area contributed by atoms with Crippen molar-refractivity contribution in [2.75, 3.05) is 6.54 Å². The van der Waals surface area contributed by atoms with Gasteiger partial charge in [0.15, 0.2) is 0 Å². The van der Waals surface area contributed by atoms with Gasteiger partial charge in [0.05, 0.1) is 22.8 Å². The summed E-state index contributed by atoms with van der Waals surface area (Å²) in [5.41, 5.74) is 1.27. The lowest BCUT2D eigenvalue weighted by Crippen LogP contribution is -2.21. The summed E-state index contributed by atoms with van der Waals surface area (Å²) in [6.07, 6.45) is 4.32. The van der Waals surface area contributed by atoms with Crippen LogP contribution in [0.25, 0.3) is 0 Å². The summed E-state index contributed by atoms with van der Waals surface area (Å²) in [5.74, 6) is 0.937. The molecule has 2 atom stereocenters. The van der Waals surface area contributed by atoms with Gasteiger partial charge in [-0.2, -0.15) is 0 Å². The maximum Gasteiger partial charge on any atom is 0.107 e. The third-order valence-electron chi connectivity index (χ3n) is 3.46. The molecule has 0 amide bonds. The third kappa shape index (κ3) is 2.69. The number of fused-ring (bicyclic) bond motifs is 1. The Kier molecular flexibility index (Phi) is 3.19. The van der Waals surface area contributed by atoms with Crippen LogP contribution in [0.15, 0.2) is 0 Å². The van der Waals surface area contributed by atoms with Crippen molar-refractivity contribution >= 4 is 11.3 Å². The minimum atomic E-state index is 0.225. The van der Waals surface area contributed by atoms with Crippen LogP contribution in [0.5, 0.6) is 0 Å². The van der Waals surface area contributed by atoms with E-state index >= 15 is 0 Å². The molecule has 2 heterocycles. The topological polar surface area (TPSA) is 34.2 Å². The van der Waals surface area contributed by atoms with Gasteiger partial charge < -0.3 is 10.1 Å². The summed E-state index contributed by atoms with van der Waals surface area (Å²) in [6, 6.07) is 0. The number of hydrogen-bond acceptors (Lipinski definition) is 4. The Morgan fingerprint density at radius 1 is 1.41 bits per heavy atom. The fourth-order valence-electron chi connectivity index (χ4n) is 2.39. The minimum absolute atomic E-state index is 0.225. The van der Waals surface area contributed by atoms with Crippen LogP contribution in [0.2, 0.25) is 0 Å². The van der Waals surface area contributed by atoms with Crippen LogP contribution in [0, 0.1) is 5.92 Å². The summed E-state index contributed by atoms with van der Waals surface area (Å²) in [5, 5.41) is 4.73. The molecule has 1 aromatic heterocycles. The van der Waals surface area contributed by atoms with E-state index in [2.05, 4.69) is 19.2 Å². The van der Waals surface area contributed by atoms with Crippen LogP contribution in [0.1, 0.15) is 48.4 Å². The van der Waals surface area contributed by atoms with Gasteiger partial charge in [-0.15, -0.1) is 11.3 Å². The summed E-state index contributed by atoms with van der Waals surface area (Å²) in [6.45, 7) is 6.35. The minimum Gasteiger partial charge on any atom is -0.370 e. The molecule has 1 aromatic rings. The molecule has 1 aliphatic heterocycles. The summed E-state index contributed by atoms with van der Waals surface area (Å²) < 4.78 is 5.83. The van der Waals surface area contributed by atoms with Crippen LogP contribution in [0.3, 0.4) is 0 Å². The molecule has 1 aliphatic carbocycles. The lowest BCUT2D eigenvalue weighted by molar-refractivity contribution is -0.00318. The van der Waals surface area contributed by atoms with Crippen LogP contribution in [-0.2, 0) is 17.7 Å². The number of rotatable bonds is 4. The Balaban J connectivity index is 1.63. The van der Waals surface area contributed by atoms with E-state index in [0.29, 0.717) is 6.10 Å². The zero-order valence-corrected chi connectivity index (χ0v) is 11.3. The van der Waals surface area contributed by atoms with Gasteiger partial charge >= 0.3 is 0 Å². The molecule has 2 aliphatic rings. The van der Waals surface area contributed by atoms with E-state index < -0.39 is 0 Å². The Hall–Kier alpha value is -0.450. The van der Waals surface area contributed by atoms with Crippen LogP contribution in [0.4, 0.5) is 0 Å². The molecule has 0 saturated heterocycles. The predicted molar refractivity (Wildman–Crippen MR) is 69.2 cm³/mol. The van der Waals surface area contributed by atoms with E-state index in [0.717, 1.165) is 25.4 Å². The molecule has 1 saturated carbocycles. The second-order valence-electron chi connectivity index (χ2n) is 5.29. The first kappa shape index (κ1) is 11.6. The highest BCUT2D eigenvalue weighted by Crippen LogP contribution is 2.34. The van der Waals surface area contributed by atoms with Crippen molar-refractivity contribution in [1.29, 1.82) is 0 Å². The van der Waals surface area contributed by atoms with E-state index in [-0.39, 0.29) is 6.10 Å². The number of hydrogen-bond donors (Lipinski definition) is 1. The smallest absolute Gasteiger partial charge is 0.107 e. The Bertz CT molecular complexity index is 400. The number of nitrogens with zero attached hydrogens (tertiary/aromatic N) is 1. The van der Waals surface area contributed by atoms with Crippen LogP contribution < -0.4 is 5.32 Å². The first-order chi connectivity index (χ1) is 8.22. The monoisotopic (exact) mass is 252 g/mol. The highest BCUT2D eigenvalue weighted by Gasteiger charge is 2.26. The molecular weight excluding hydrogens is 232 g/mol. The Labute approximate surface area is 107 Å². The molecule has 3 nitrogen and oxygen atoms in total. The molecule has 2 unspecified atom stereocenters. The average Bonchev–Trinajstić information content (AvgIpc) is 2.98. The van der Waals surface area contributed by atoms with Gasteiger partial charge in [-0.25, -0.2) is 4.98 Å². The zero-order chi connectivity index (χ0) is 11.8. The highest BCUT2D eigenvalue weighted by atomic mass is 32.1. The normalized spacial score (nSPS) is 28.1. The molecule has 0 spiro atoms. The fraction of sp³-hybridized carbons (Fsp3) is 0.769. The number of nitrogens with one attached hydrogen (secondary N) is 1. The molecule has 1 fully saturated rings. The zero-order valence-electron chi connectivity index (χ0n) is 10.5. The first-order valence-corrected chi connectivity index (χ1v) is 7.38. The van der Waals surface area contributed by atoms with E-state index in [9.17, 15) is 0 Å². The molecule has 3 rings (SSSR count). The van der Waals surface area contributed by atoms with E-state index in [1.54, 1.807) is 0 Å². The van der Waals surface area contributed by atoms with Crippen molar-refractivity contribution in [3.63, 3.8) is 0 Å². The standard InChI is InChI=1S/C13H20N2OS/c1-8-5-11-13(9(2)16-8)17-12(15-11)7-14-6-10-3-4-10/h8-10,14H,3-7H2,1-2H3. The van der Waals surface area contributed by atoms with Gasteiger partial charge in [0.25, 0.3) is 0 Å². The molecule has 17 heavy (non-hydrogen) atoms.